The molecular weight excluding hydrogens is 154 g/mol. The highest BCUT2D eigenvalue weighted by Gasteiger charge is 2.02. The van der Waals surface area contributed by atoms with Gasteiger partial charge in [-0.2, -0.15) is 0 Å². The minimum absolute atomic E-state index is 0.318. The first-order valence-electron chi connectivity index (χ1n) is 3.55. The van der Waals surface area contributed by atoms with Crippen LogP contribution in [0.2, 0.25) is 0 Å². The quantitative estimate of drug-likeness (QED) is 0.587. The molecule has 0 amide bonds. The summed E-state index contributed by atoms with van der Waals surface area (Å²) in [6, 6.07) is 5.35. The predicted octanol–water partition coefficient (Wildman–Crippen LogP) is -0.240. The van der Waals surface area contributed by atoms with Gasteiger partial charge in [-0.1, -0.05) is 6.07 Å². The largest absolute Gasteiger partial charge is 0.827 e. The smallest absolute Gasteiger partial charge is 0.303 e. The summed E-state index contributed by atoms with van der Waals surface area (Å²) < 4.78 is 1.79. The van der Waals surface area contributed by atoms with Gasteiger partial charge in [-0.25, -0.2) is 14.5 Å². The van der Waals surface area contributed by atoms with Gasteiger partial charge in [0.05, 0.1) is 12.4 Å². The average Bonchev–Trinajstić information content (AvgIpc) is 2.54. The third-order valence-corrected chi connectivity index (χ3v) is 1.53. The SMILES string of the molecule is [O-]c1ncc(-[n+]2ccccc2)[nH]1. The number of pyridine rings is 1. The molecule has 4 heteroatoms. The van der Waals surface area contributed by atoms with E-state index in [2.05, 4.69) is 9.97 Å². The summed E-state index contributed by atoms with van der Waals surface area (Å²) in [5, 5.41) is 10.7. The van der Waals surface area contributed by atoms with Crippen molar-refractivity contribution in [1.82, 2.24) is 9.97 Å². The summed E-state index contributed by atoms with van der Waals surface area (Å²) in [7, 11) is 0. The fraction of sp³-hybridized carbons (Fsp3) is 0. The number of hydrogen-bond donors (Lipinski definition) is 1. The van der Waals surface area contributed by atoms with Crippen LogP contribution in [0.1, 0.15) is 0 Å². The van der Waals surface area contributed by atoms with E-state index in [-0.39, 0.29) is 6.01 Å². The Morgan fingerprint density at radius 2 is 2.00 bits per heavy atom. The van der Waals surface area contributed by atoms with Crippen LogP contribution in [0.3, 0.4) is 0 Å². The highest BCUT2D eigenvalue weighted by molar-refractivity contribution is 5.09. The Hall–Kier alpha value is -1.84. The lowest BCUT2D eigenvalue weighted by Gasteiger charge is -1.92. The average molecular weight is 161 g/mol. The number of aromatic amines is 1. The van der Waals surface area contributed by atoms with Crippen LogP contribution in [0.25, 0.3) is 5.82 Å². The lowest BCUT2D eigenvalue weighted by Crippen LogP contribution is -2.29. The van der Waals surface area contributed by atoms with E-state index >= 15 is 0 Å². The summed E-state index contributed by atoms with van der Waals surface area (Å²) in [4.78, 5) is 6.15. The summed E-state index contributed by atoms with van der Waals surface area (Å²) in [6.45, 7) is 0. The fourth-order valence-corrected chi connectivity index (χ4v) is 0.984. The molecule has 2 heterocycles. The zero-order valence-corrected chi connectivity index (χ0v) is 6.27. The molecule has 0 unspecified atom stereocenters. The second-order valence-electron chi connectivity index (χ2n) is 2.36. The van der Waals surface area contributed by atoms with Crippen LogP contribution < -0.4 is 9.67 Å². The van der Waals surface area contributed by atoms with Gasteiger partial charge in [0.1, 0.15) is 6.20 Å². The molecular formula is C8H7N3O. The molecule has 1 N–H and O–H groups in total. The third-order valence-electron chi connectivity index (χ3n) is 1.53. The van der Waals surface area contributed by atoms with Crippen LogP contribution in [0.5, 0.6) is 6.01 Å². The molecule has 0 aromatic carbocycles. The molecule has 2 aromatic heterocycles. The molecule has 12 heavy (non-hydrogen) atoms. The van der Waals surface area contributed by atoms with E-state index in [0.29, 0.717) is 5.82 Å². The van der Waals surface area contributed by atoms with Crippen molar-refractivity contribution in [2.45, 2.75) is 0 Å². The minimum Gasteiger partial charge on any atom is -0.827 e. The minimum atomic E-state index is -0.318. The Balaban J connectivity index is 2.45. The summed E-state index contributed by atoms with van der Waals surface area (Å²) in [5.41, 5.74) is 0. The number of nitrogens with one attached hydrogen (secondary N) is 1. The maximum absolute atomic E-state index is 10.7. The summed E-state index contributed by atoms with van der Waals surface area (Å²) in [5.74, 6) is 0.681. The van der Waals surface area contributed by atoms with Gasteiger partial charge >= 0.3 is 5.82 Å². The van der Waals surface area contributed by atoms with Crippen LogP contribution >= 0.6 is 0 Å². The molecule has 2 aromatic rings. The molecule has 0 saturated carbocycles. The van der Waals surface area contributed by atoms with Gasteiger partial charge in [-0.05, 0) is 12.1 Å². The Morgan fingerprint density at radius 3 is 2.58 bits per heavy atom. The molecule has 0 radical (unpaired) electrons. The number of hydrogen-bond acceptors (Lipinski definition) is 2. The van der Waals surface area contributed by atoms with Crippen LogP contribution in [0.4, 0.5) is 0 Å². The van der Waals surface area contributed by atoms with E-state index in [9.17, 15) is 5.11 Å². The van der Waals surface area contributed by atoms with Gasteiger partial charge < -0.3 is 5.11 Å². The topological polar surface area (TPSA) is 55.6 Å². The van der Waals surface area contributed by atoms with Gasteiger partial charge in [-0.15, -0.1) is 0 Å². The number of rotatable bonds is 1. The normalized spacial score (nSPS) is 10.0. The van der Waals surface area contributed by atoms with Gasteiger partial charge in [0.25, 0.3) is 0 Å². The van der Waals surface area contributed by atoms with E-state index < -0.39 is 0 Å². The van der Waals surface area contributed by atoms with Gasteiger partial charge in [0.2, 0.25) is 0 Å². The number of nitrogens with zero attached hydrogens (tertiary/aromatic N) is 2. The second kappa shape index (κ2) is 2.65. The van der Waals surface area contributed by atoms with Crippen molar-refractivity contribution >= 4 is 0 Å². The second-order valence-corrected chi connectivity index (χ2v) is 2.36. The maximum atomic E-state index is 10.7. The lowest BCUT2D eigenvalue weighted by atomic mass is 10.5. The first kappa shape index (κ1) is 6.84. The molecule has 2 rings (SSSR count). The Bertz CT molecular complexity index is 369. The van der Waals surface area contributed by atoms with Crippen molar-refractivity contribution in [3.05, 3.63) is 36.8 Å². The van der Waals surface area contributed by atoms with Crippen LogP contribution in [-0.4, -0.2) is 9.97 Å². The van der Waals surface area contributed by atoms with Crippen molar-refractivity contribution in [2.75, 3.05) is 0 Å². The summed E-state index contributed by atoms with van der Waals surface area (Å²) >= 11 is 0. The Kier molecular flexibility index (Phi) is 1.51. The van der Waals surface area contributed by atoms with Crippen LogP contribution in [0.15, 0.2) is 36.8 Å². The number of H-pyrrole nitrogens is 1. The molecule has 4 nitrogen and oxygen atoms in total. The molecule has 0 spiro atoms. The van der Waals surface area contributed by atoms with E-state index in [1.807, 2.05) is 30.6 Å². The standard InChI is InChI=1S/C8H7N3O/c12-8-9-6-7(10-8)11-4-2-1-3-5-11/h1-6H,(H-,9,10,12). The van der Waals surface area contributed by atoms with Crippen molar-refractivity contribution in [1.29, 1.82) is 0 Å². The molecule has 0 bridgehead atoms. The molecule has 0 aliphatic carbocycles. The van der Waals surface area contributed by atoms with Crippen molar-refractivity contribution < 1.29 is 9.67 Å². The zero-order valence-electron chi connectivity index (χ0n) is 6.27. The van der Waals surface area contributed by atoms with Crippen molar-refractivity contribution in [3.63, 3.8) is 0 Å². The third kappa shape index (κ3) is 1.14. The van der Waals surface area contributed by atoms with Gasteiger partial charge in [0.15, 0.2) is 6.01 Å². The highest BCUT2D eigenvalue weighted by Crippen LogP contribution is 1.97. The monoisotopic (exact) mass is 161 g/mol. The first-order valence-corrected chi connectivity index (χ1v) is 3.55. The Morgan fingerprint density at radius 1 is 1.25 bits per heavy atom. The van der Waals surface area contributed by atoms with Crippen LogP contribution in [0, 0.1) is 0 Å². The zero-order chi connectivity index (χ0) is 8.39. The lowest BCUT2D eigenvalue weighted by molar-refractivity contribution is -0.599. The number of aromatic nitrogens is 3. The van der Waals surface area contributed by atoms with E-state index in [4.69, 9.17) is 0 Å². The molecule has 0 atom stereocenters. The van der Waals surface area contributed by atoms with Gasteiger partial charge in [-0.3, -0.25) is 0 Å². The Labute approximate surface area is 69.1 Å². The van der Waals surface area contributed by atoms with Crippen LogP contribution in [-0.2, 0) is 0 Å². The molecule has 0 aliphatic rings. The van der Waals surface area contributed by atoms with Gasteiger partial charge in [0, 0.05) is 0 Å². The number of imidazole rings is 1. The predicted molar refractivity (Wildman–Crippen MR) is 39.6 cm³/mol. The fourth-order valence-electron chi connectivity index (χ4n) is 0.984. The molecule has 0 fully saturated rings. The summed E-state index contributed by atoms with van der Waals surface area (Å²) in [6.07, 6.45) is 5.18. The van der Waals surface area contributed by atoms with Crippen molar-refractivity contribution in [2.24, 2.45) is 0 Å². The molecule has 0 aliphatic heterocycles. The van der Waals surface area contributed by atoms with E-state index in [1.54, 1.807) is 4.57 Å². The first-order chi connectivity index (χ1) is 5.86. The molecule has 0 saturated heterocycles. The highest BCUT2D eigenvalue weighted by atomic mass is 16.3. The van der Waals surface area contributed by atoms with Crippen molar-refractivity contribution in [3.8, 4) is 11.8 Å². The maximum Gasteiger partial charge on any atom is 0.303 e. The van der Waals surface area contributed by atoms with E-state index in [0.717, 1.165) is 0 Å². The molecule has 60 valence electrons. The van der Waals surface area contributed by atoms with E-state index in [1.165, 1.54) is 6.20 Å².